The number of amides is 1. The summed E-state index contributed by atoms with van der Waals surface area (Å²) in [6.45, 7) is 0. The van der Waals surface area contributed by atoms with Crippen LogP contribution in [0.4, 0.5) is 5.13 Å². The Kier molecular flexibility index (Phi) is 4.39. The van der Waals surface area contributed by atoms with Crippen LogP contribution in [0.5, 0.6) is 11.5 Å². The van der Waals surface area contributed by atoms with Crippen LogP contribution in [0.1, 0.15) is 16.1 Å². The quantitative estimate of drug-likeness (QED) is 0.776. The van der Waals surface area contributed by atoms with Crippen LogP contribution in [0, 0.1) is 0 Å². The Hall–Kier alpha value is -2.61. The van der Waals surface area contributed by atoms with Crippen molar-refractivity contribution in [1.82, 2.24) is 4.98 Å². The van der Waals surface area contributed by atoms with Crippen LogP contribution in [0.15, 0.2) is 23.6 Å². The second kappa shape index (κ2) is 6.23. The summed E-state index contributed by atoms with van der Waals surface area (Å²) in [5.41, 5.74) is 0.615. The van der Waals surface area contributed by atoms with Gasteiger partial charge in [0.25, 0.3) is 5.91 Å². The molecule has 7 nitrogen and oxygen atoms in total. The molecule has 1 aromatic heterocycles. The molecule has 0 fully saturated rings. The molecule has 2 aromatic rings. The first-order valence-corrected chi connectivity index (χ1v) is 6.72. The molecule has 0 aliphatic heterocycles. The number of rotatable bonds is 5. The van der Waals surface area contributed by atoms with E-state index >= 15 is 0 Å². The number of anilines is 1. The number of hydrogen-bond acceptors (Lipinski definition) is 6. The van der Waals surface area contributed by atoms with Crippen LogP contribution in [-0.2, 0) is 11.2 Å². The normalized spacial score (nSPS) is 10.1. The van der Waals surface area contributed by atoms with Gasteiger partial charge in [0.05, 0.1) is 19.2 Å². The Morgan fingerprint density at radius 2 is 2.19 bits per heavy atom. The Morgan fingerprint density at radius 3 is 2.81 bits per heavy atom. The molecule has 2 rings (SSSR count). The number of hydrogen-bond donors (Lipinski definition) is 3. The van der Waals surface area contributed by atoms with E-state index in [9.17, 15) is 14.7 Å². The molecule has 1 aromatic carbocycles. The lowest BCUT2D eigenvalue weighted by atomic mass is 10.2. The van der Waals surface area contributed by atoms with Crippen molar-refractivity contribution in [2.24, 2.45) is 0 Å². The molecule has 1 heterocycles. The smallest absolute Gasteiger partial charge is 0.309 e. The van der Waals surface area contributed by atoms with Gasteiger partial charge in [0.1, 0.15) is 0 Å². The number of carbonyl (C=O) groups excluding carboxylic acids is 1. The fraction of sp³-hybridized carbons (Fsp3) is 0.154. The number of carbonyl (C=O) groups is 2. The minimum Gasteiger partial charge on any atom is -0.504 e. The minimum absolute atomic E-state index is 0.143. The number of thiazole rings is 1. The Morgan fingerprint density at radius 1 is 1.43 bits per heavy atom. The van der Waals surface area contributed by atoms with Gasteiger partial charge in [-0.05, 0) is 18.2 Å². The number of carboxylic acid groups (broad SMARTS) is 1. The summed E-state index contributed by atoms with van der Waals surface area (Å²) >= 11 is 1.13. The van der Waals surface area contributed by atoms with E-state index in [1.165, 1.54) is 25.3 Å². The van der Waals surface area contributed by atoms with Crippen molar-refractivity contribution in [3.05, 3.63) is 34.8 Å². The van der Waals surface area contributed by atoms with Crippen LogP contribution in [-0.4, -0.2) is 34.2 Å². The highest BCUT2D eigenvalue weighted by molar-refractivity contribution is 7.14. The number of aromatic hydroxyl groups is 1. The minimum atomic E-state index is -0.988. The maximum atomic E-state index is 12.0. The van der Waals surface area contributed by atoms with Gasteiger partial charge in [-0.25, -0.2) is 4.98 Å². The van der Waals surface area contributed by atoms with Crippen molar-refractivity contribution in [2.45, 2.75) is 6.42 Å². The van der Waals surface area contributed by atoms with Crippen molar-refractivity contribution < 1.29 is 24.5 Å². The maximum Gasteiger partial charge on any atom is 0.309 e. The van der Waals surface area contributed by atoms with Crippen LogP contribution in [0.2, 0.25) is 0 Å². The second-order valence-corrected chi connectivity index (χ2v) is 4.91. The second-order valence-electron chi connectivity index (χ2n) is 4.06. The van der Waals surface area contributed by atoms with Gasteiger partial charge >= 0.3 is 5.97 Å². The molecule has 0 radical (unpaired) electrons. The first-order chi connectivity index (χ1) is 9.99. The fourth-order valence-electron chi connectivity index (χ4n) is 1.60. The van der Waals surface area contributed by atoms with E-state index in [1.54, 1.807) is 5.38 Å². The zero-order valence-electron chi connectivity index (χ0n) is 11.0. The Balaban J connectivity index is 2.09. The lowest BCUT2D eigenvalue weighted by molar-refractivity contribution is -0.136. The fourth-order valence-corrected chi connectivity index (χ4v) is 2.31. The molecule has 0 spiro atoms. The SMILES string of the molecule is COc1ccc(C(=O)Nc2nc(CC(=O)O)cs2)cc1O. The molecule has 110 valence electrons. The standard InChI is InChI=1S/C13H12N2O5S/c1-20-10-3-2-7(4-9(10)16)12(19)15-13-14-8(6-21-13)5-11(17)18/h2-4,6,16H,5H2,1H3,(H,17,18)(H,14,15,19). The molecular weight excluding hydrogens is 296 g/mol. The molecule has 8 heteroatoms. The van der Waals surface area contributed by atoms with E-state index in [-0.39, 0.29) is 23.5 Å². The number of phenols is 1. The first-order valence-electron chi connectivity index (χ1n) is 5.84. The number of nitrogens with zero attached hydrogens (tertiary/aromatic N) is 1. The van der Waals surface area contributed by atoms with Crippen LogP contribution in [0.25, 0.3) is 0 Å². The van der Waals surface area contributed by atoms with E-state index in [1.807, 2.05) is 0 Å². The highest BCUT2D eigenvalue weighted by Crippen LogP contribution is 2.26. The van der Waals surface area contributed by atoms with Crippen molar-refractivity contribution in [2.75, 3.05) is 12.4 Å². The molecule has 0 atom stereocenters. The Bertz CT molecular complexity index is 683. The molecule has 0 saturated carbocycles. The first kappa shape index (κ1) is 14.8. The lowest BCUT2D eigenvalue weighted by Crippen LogP contribution is -2.12. The van der Waals surface area contributed by atoms with E-state index in [2.05, 4.69) is 10.3 Å². The predicted octanol–water partition coefficient (Wildman–Crippen LogP) is 1.74. The van der Waals surface area contributed by atoms with Crippen molar-refractivity contribution in [1.29, 1.82) is 0 Å². The summed E-state index contributed by atoms with van der Waals surface area (Å²) in [7, 11) is 1.41. The van der Waals surface area contributed by atoms with Crippen LogP contribution in [0.3, 0.4) is 0 Å². The van der Waals surface area contributed by atoms with E-state index < -0.39 is 11.9 Å². The number of methoxy groups -OCH3 is 1. The number of carboxylic acids is 1. The summed E-state index contributed by atoms with van der Waals surface area (Å²) in [5.74, 6) is -1.32. The number of phenolic OH excluding ortho intramolecular Hbond substituents is 1. The zero-order chi connectivity index (χ0) is 15.4. The highest BCUT2D eigenvalue weighted by Gasteiger charge is 2.12. The summed E-state index contributed by atoms with van der Waals surface area (Å²) < 4.78 is 4.89. The van der Waals surface area contributed by atoms with Gasteiger partial charge in [-0.1, -0.05) is 0 Å². The number of ether oxygens (including phenoxy) is 1. The third-order valence-corrected chi connectivity index (χ3v) is 3.35. The zero-order valence-corrected chi connectivity index (χ0v) is 11.8. The van der Waals surface area contributed by atoms with E-state index in [0.29, 0.717) is 10.8 Å². The molecule has 3 N–H and O–H groups in total. The molecule has 1 amide bonds. The van der Waals surface area contributed by atoms with E-state index in [4.69, 9.17) is 9.84 Å². The topological polar surface area (TPSA) is 109 Å². The van der Waals surface area contributed by atoms with Gasteiger partial charge in [-0.15, -0.1) is 11.3 Å². The van der Waals surface area contributed by atoms with Crippen molar-refractivity contribution in [3.63, 3.8) is 0 Å². The van der Waals surface area contributed by atoms with Gasteiger partial charge in [0.2, 0.25) is 0 Å². The third kappa shape index (κ3) is 3.69. The number of aromatic nitrogens is 1. The molecule has 0 unspecified atom stereocenters. The number of nitrogens with one attached hydrogen (secondary N) is 1. The van der Waals surface area contributed by atoms with E-state index in [0.717, 1.165) is 11.3 Å². The number of aliphatic carboxylic acids is 1. The molecule has 0 aliphatic carbocycles. The average Bonchev–Trinajstić information content (AvgIpc) is 2.84. The predicted molar refractivity (Wildman–Crippen MR) is 76.1 cm³/mol. The molecule has 21 heavy (non-hydrogen) atoms. The Labute approximate surface area is 123 Å². The van der Waals surface area contributed by atoms with Gasteiger partial charge in [-0.3, -0.25) is 14.9 Å². The van der Waals surface area contributed by atoms with Crippen LogP contribution < -0.4 is 10.1 Å². The molecular formula is C13H12N2O5S. The maximum absolute atomic E-state index is 12.0. The summed E-state index contributed by atoms with van der Waals surface area (Å²) in [5, 5.41) is 22.7. The summed E-state index contributed by atoms with van der Waals surface area (Å²) in [4.78, 5) is 26.5. The van der Waals surface area contributed by atoms with Crippen LogP contribution >= 0.6 is 11.3 Å². The summed E-state index contributed by atoms with van der Waals surface area (Å²) in [6, 6.07) is 4.25. The highest BCUT2D eigenvalue weighted by atomic mass is 32.1. The molecule has 0 aliphatic rings. The van der Waals surface area contributed by atoms with Crippen molar-refractivity contribution >= 4 is 28.3 Å². The summed E-state index contributed by atoms with van der Waals surface area (Å²) in [6.07, 6.45) is -0.199. The lowest BCUT2D eigenvalue weighted by Gasteiger charge is -2.05. The molecule has 0 bridgehead atoms. The van der Waals surface area contributed by atoms with Gasteiger partial charge in [0, 0.05) is 10.9 Å². The number of benzene rings is 1. The third-order valence-electron chi connectivity index (χ3n) is 2.55. The monoisotopic (exact) mass is 308 g/mol. The largest absolute Gasteiger partial charge is 0.504 e. The van der Waals surface area contributed by atoms with Gasteiger partial charge in [-0.2, -0.15) is 0 Å². The van der Waals surface area contributed by atoms with Crippen molar-refractivity contribution in [3.8, 4) is 11.5 Å². The molecule has 0 saturated heterocycles. The average molecular weight is 308 g/mol. The van der Waals surface area contributed by atoms with Gasteiger partial charge in [0.15, 0.2) is 16.6 Å². The van der Waals surface area contributed by atoms with Gasteiger partial charge < -0.3 is 14.9 Å².